The number of aryl methyl sites for hydroxylation is 1. The summed E-state index contributed by atoms with van der Waals surface area (Å²) in [5.74, 6) is 0.495. The molecule has 2 amide bonds. The Labute approximate surface area is 142 Å². The van der Waals surface area contributed by atoms with E-state index in [0.717, 1.165) is 25.0 Å². The van der Waals surface area contributed by atoms with Gasteiger partial charge >= 0.3 is 0 Å². The van der Waals surface area contributed by atoms with Crippen LogP contribution in [0.5, 0.6) is 5.75 Å². The molecule has 4 heteroatoms. The van der Waals surface area contributed by atoms with Crippen molar-refractivity contribution in [3.8, 4) is 5.75 Å². The summed E-state index contributed by atoms with van der Waals surface area (Å²) in [5, 5.41) is 0. The van der Waals surface area contributed by atoms with E-state index in [1.54, 1.807) is 24.3 Å². The average molecular weight is 323 g/mol. The third-order valence-electron chi connectivity index (χ3n) is 4.23. The molecule has 0 bridgehead atoms. The van der Waals surface area contributed by atoms with Crippen LogP contribution in [0.2, 0.25) is 0 Å². The molecule has 0 fully saturated rings. The molecule has 0 saturated heterocycles. The molecule has 0 unspecified atom stereocenters. The summed E-state index contributed by atoms with van der Waals surface area (Å²) >= 11 is 0. The summed E-state index contributed by atoms with van der Waals surface area (Å²) in [5.41, 5.74) is 2.27. The van der Waals surface area contributed by atoms with Gasteiger partial charge in [-0.3, -0.25) is 14.5 Å². The molecule has 24 heavy (non-hydrogen) atoms. The maximum absolute atomic E-state index is 12.2. The second-order valence-electron chi connectivity index (χ2n) is 5.86. The highest BCUT2D eigenvalue weighted by atomic mass is 16.5. The van der Waals surface area contributed by atoms with Gasteiger partial charge in [-0.25, -0.2) is 0 Å². The van der Waals surface area contributed by atoms with Crippen LogP contribution in [-0.2, 0) is 6.42 Å². The van der Waals surface area contributed by atoms with Crippen LogP contribution in [0.25, 0.3) is 0 Å². The highest BCUT2D eigenvalue weighted by Crippen LogP contribution is 2.22. The van der Waals surface area contributed by atoms with Gasteiger partial charge in [-0.2, -0.15) is 0 Å². The zero-order valence-electron chi connectivity index (χ0n) is 13.8. The number of amides is 2. The topological polar surface area (TPSA) is 46.6 Å². The minimum absolute atomic E-state index is 0.188. The van der Waals surface area contributed by atoms with Gasteiger partial charge in [-0.05, 0) is 49.1 Å². The monoisotopic (exact) mass is 323 g/mol. The minimum Gasteiger partial charge on any atom is -0.494 e. The lowest BCUT2D eigenvalue weighted by atomic mass is 10.1. The van der Waals surface area contributed by atoms with Crippen LogP contribution in [0, 0.1) is 0 Å². The first kappa shape index (κ1) is 16.2. The quantitative estimate of drug-likeness (QED) is 0.576. The molecule has 4 nitrogen and oxygen atoms in total. The predicted molar refractivity (Wildman–Crippen MR) is 92.4 cm³/mol. The Morgan fingerprint density at radius 3 is 2.29 bits per heavy atom. The third-order valence-corrected chi connectivity index (χ3v) is 4.23. The summed E-state index contributed by atoms with van der Waals surface area (Å²) < 4.78 is 5.74. The minimum atomic E-state index is -0.188. The smallest absolute Gasteiger partial charge is 0.261 e. The highest BCUT2D eigenvalue weighted by molar-refractivity contribution is 6.21. The van der Waals surface area contributed by atoms with E-state index in [9.17, 15) is 9.59 Å². The molecule has 2 aromatic carbocycles. The molecule has 0 N–H and O–H groups in total. The molecule has 1 aliphatic rings. The lowest BCUT2D eigenvalue weighted by Crippen LogP contribution is -2.30. The fraction of sp³-hybridized carbons (Fsp3) is 0.300. The van der Waals surface area contributed by atoms with Gasteiger partial charge in [0.25, 0.3) is 11.8 Å². The van der Waals surface area contributed by atoms with Crippen molar-refractivity contribution in [3.63, 3.8) is 0 Å². The highest BCUT2D eigenvalue weighted by Gasteiger charge is 2.34. The number of imide groups is 1. The van der Waals surface area contributed by atoms with E-state index in [4.69, 9.17) is 4.74 Å². The lowest BCUT2D eigenvalue weighted by molar-refractivity contribution is 0.0649. The number of nitrogens with zero attached hydrogens (tertiary/aromatic N) is 1. The first-order chi connectivity index (χ1) is 11.7. The summed E-state index contributed by atoms with van der Waals surface area (Å²) in [7, 11) is 0. The zero-order chi connectivity index (χ0) is 16.9. The van der Waals surface area contributed by atoms with Gasteiger partial charge in [0.2, 0.25) is 0 Å². The Bertz CT molecular complexity index is 719. The van der Waals surface area contributed by atoms with E-state index >= 15 is 0 Å². The molecule has 1 heterocycles. The number of unbranched alkanes of at least 4 members (excludes halogenated alkanes) is 1. The van der Waals surface area contributed by atoms with Crippen molar-refractivity contribution < 1.29 is 14.3 Å². The molecular weight excluding hydrogens is 302 g/mol. The van der Waals surface area contributed by atoms with Crippen molar-refractivity contribution in [2.24, 2.45) is 0 Å². The number of carbonyl (C=O) groups is 2. The number of fused-ring (bicyclic) bond motifs is 1. The molecule has 0 saturated carbocycles. The number of hydrogen-bond donors (Lipinski definition) is 0. The van der Waals surface area contributed by atoms with Gasteiger partial charge in [0, 0.05) is 6.54 Å². The first-order valence-electron chi connectivity index (χ1n) is 8.37. The van der Waals surface area contributed by atoms with Crippen LogP contribution in [0.15, 0.2) is 48.5 Å². The number of rotatable bonds is 7. The molecule has 124 valence electrons. The average Bonchev–Trinajstić information content (AvgIpc) is 2.86. The van der Waals surface area contributed by atoms with Crippen LogP contribution < -0.4 is 4.74 Å². The van der Waals surface area contributed by atoms with E-state index in [0.29, 0.717) is 24.3 Å². The van der Waals surface area contributed by atoms with E-state index in [2.05, 4.69) is 13.0 Å². The van der Waals surface area contributed by atoms with Crippen LogP contribution >= 0.6 is 0 Å². The largest absolute Gasteiger partial charge is 0.494 e. The summed E-state index contributed by atoms with van der Waals surface area (Å²) in [6.45, 7) is 3.13. The van der Waals surface area contributed by atoms with Crippen molar-refractivity contribution in [2.45, 2.75) is 26.2 Å². The van der Waals surface area contributed by atoms with E-state index in [1.165, 1.54) is 10.5 Å². The van der Waals surface area contributed by atoms with Gasteiger partial charge in [0.05, 0.1) is 17.7 Å². The van der Waals surface area contributed by atoms with Crippen molar-refractivity contribution in [3.05, 3.63) is 65.2 Å². The Morgan fingerprint density at radius 1 is 0.917 bits per heavy atom. The molecule has 0 atom stereocenters. The van der Waals surface area contributed by atoms with Crippen molar-refractivity contribution in [1.82, 2.24) is 4.90 Å². The molecule has 1 aliphatic heterocycles. The van der Waals surface area contributed by atoms with E-state index in [1.807, 2.05) is 18.2 Å². The van der Waals surface area contributed by atoms with Gasteiger partial charge in [-0.15, -0.1) is 0 Å². The molecule has 0 radical (unpaired) electrons. The van der Waals surface area contributed by atoms with Crippen LogP contribution in [0.1, 0.15) is 46.0 Å². The zero-order valence-corrected chi connectivity index (χ0v) is 13.8. The summed E-state index contributed by atoms with van der Waals surface area (Å²) in [6, 6.07) is 15.0. The van der Waals surface area contributed by atoms with Crippen molar-refractivity contribution >= 4 is 11.8 Å². The van der Waals surface area contributed by atoms with E-state index in [-0.39, 0.29) is 11.8 Å². The number of carbonyl (C=O) groups excluding carboxylic acids is 2. The molecule has 0 spiro atoms. The molecule has 2 aromatic rings. The van der Waals surface area contributed by atoms with Gasteiger partial charge in [0.15, 0.2) is 0 Å². The fourth-order valence-electron chi connectivity index (χ4n) is 2.86. The molecule has 3 rings (SSSR count). The van der Waals surface area contributed by atoms with Crippen LogP contribution in [0.4, 0.5) is 0 Å². The third kappa shape index (κ3) is 3.32. The number of hydrogen-bond acceptors (Lipinski definition) is 3. The van der Waals surface area contributed by atoms with Crippen LogP contribution in [-0.4, -0.2) is 29.9 Å². The summed E-state index contributed by atoms with van der Waals surface area (Å²) in [4.78, 5) is 25.8. The predicted octanol–water partition coefficient (Wildman–Crippen LogP) is 3.70. The van der Waals surface area contributed by atoms with Crippen LogP contribution in [0.3, 0.4) is 0 Å². The van der Waals surface area contributed by atoms with Gasteiger partial charge < -0.3 is 4.74 Å². The van der Waals surface area contributed by atoms with E-state index < -0.39 is 0 Å². The second-order valence-corrected chi connectivity index (χ2v) is 5.86. The number of ether oxygens (including phenoxy) is 1. The lowest BCUT2D eigenvalue weighted by Gasteiger charge is -2.13. The Morgan fingerprint density at radius 2 is 1.62 bits per heavy atom. The molecule has 0 aromatic heterocycles. The molecule has 0 aliphatic carbocycles. The summed E-state index contributed by atoms with van der Waals surface area (Å²) in [6.07, 6.45) is 2.51. The number of benzene rings is 2. The maximum Gasteiger partial charge on any atom is 0.261 e. The second kappa shape index (κ2) is 7.30. The standard InChI is InChI=1S/C20H21NO3/c1-2-15-8-7-9-16(14-15)24-13-6-5-12-21-19(22)17-10-3-4-11-18(17)20(21)23/h3-4,7-11,14H,2,5-6,12-13H2,1H3. The Balaban J connectivity index is 1.46. The van der Waals surface area contributed by atoms with Crippen molar-refractivity contribution in [2.75, 3.05) is 13.2 Å². The molecular formula is C20H21NO3. The fourth-order valence-corrected chi connectivity index (χ4v) is 2.86. The van der Waals surface area contributed by atoms with Gasteiger partial charge in [0.1, 0.15) is 5.75 Å². The first-order valence-corrected chi connectivity index (χ1v) is 8.37. The normalized spacial score (nSPS) is 13.3. The Kier molecular flexibility index (Phi) is 4.94. The SMILES string of the molecule is CCc1cccc(OCCCCN2C(=O)c3ccccc3C2=O)c1. The maximum atomic E-state index is 12.2. The van der Waals surface area contributed by atoms with Gasteiger partial charge in [-0.1, -0.05) is 31.2 Å². The van der Waals surface area contributed by atoms with Crippen molar-refractivity contribution in [1.29, 1.82) is 0 Å². The Hall–Kier alpha value is -2.62.